The Bertz CT molecular complexity index is 300. The molecule has 0 unspecified atom stereocenters. The third-order valence-electron chi connectivity index (χ3n) is 3.21. The van der Waals surface area contributed by atoms with Gasteiger partial charge in [0.1, 0.15) is 6.54 Å². The van der Waals surface area contributed by atoms with Crippen LogP contribution in [-0.2, 0) is 4.79 Å². The fourth-order valence-electron chi connectivity index (χ4n) is 2.04. The molecule has 1 aliphatic heterocycles. The molecule has 2 aliphatic rings. The van der Waals surface area contributed by atoms with Crippen LogP contribution in [0.2, 0.25) is 0 Å². The summed E-state index contributed by atoms with van der Waals surface area (Å²) in [4.78, 5) is 18.4. The van der Waals surface area contributed by atoms with E-state index in [1.54, 1.807) is 4.90 Å². The Kier molecular flexibility index (Phi) is 3.64. The second kappa shape index (κ2) is 5.18. The van der Waals surface area contributed by atoms with Crippen LogP contribution in [0.25, 0.3) is 10.4 Å². The second-order valence-electron chi connectivity index (χ2n) is 4.51. The second-order valence-corrected chi connectivity index (χ2v) is 4.51. The van der Waals surface area contributed by atoms with Crippen LogP contribution in [-0.4, -0.2) is 55.0 Å². The van der Waals surface area contributed by atoms with E-state index in [1.807, 2.05) is 0 Å². The third-order valence-corrected chi connectivity index (χ3v) is 3.21. The fraction of sp³-hybridized carbons (Fsp3) is 0.900. The molecule has 0 N–H and O–H groups in total. The number of nitrogens with zero attached hydrogens (tertiary/aromatic N) is 5. The molecule has 88 valence electrons. The highest BCUT2D eigenvalue weighted by Gasteiger charge is 2.27. The molecule has 0 aromatic heterocycles. The van der Waals surface area contributed by atoms with E-state index in [1.165, 1.54) is 19.4 Å². The maximum atomic E-state index is 11.5. The number of carbonyl (C=O) groups is 1. The summed E-state index contributed by atoms with van der Waals surface area (Å²) in [5.74, 6) is 0.856. The SMILES string of the molecule is [N-]=[N+]=NCC(=O)N1CCN(CC2CC2)CC1. The summed E-state index contributed by atoms with van der Waals surface area (Å²) in [5.41, 5.74) is 8.14. The number of piperazine rings is 1. The van der Waals surface area contributed by atoms with Crippen molar-refractivity contribution in [2.24, 2.45) is 11.0 Å². The molecule has 1 saturated carbocycles. The van der Waals surface area contributed by atoms with Crippen LogP contribution in [0.15, 0.2) is 5.11 Å². The number of hydrogen-bond donors (Lipinski definition) is 0. The Hall–Kier alpha value is -1.26. The lowest BCUT2D eigenvalue weighted by Gasteiger charge is -2.34. The molecule has 6 nitrogen and oxygen atoms in total. The van der Waals surface area contributed by atoms with E-state index >= 15 is 0 Å². The summed E-state index contributed by atoms with van der Waals surface area (Å²) >= 11 is 0. The number of carbonyl (C=O) groups excluding carboxylic acids is 1. The zero-order valence-corrected chi connectivity index (χ0v) is 9.38. The van der Waals surface area contributed by atoms with Crippen molar-refractivity contribution in [2.75, 3.05) is 39.3 Å². The van der Waals surface area contributed by atoms with Crippen molar-refractivity contribution in [3.05, 3.63) is 10.4 Å². The van der Waals surface area contributed by atoms with Gasteiger partial charge in [-0.1, -0.05) is 5.11 Å². The van der Waals surface area contributed by atoms with Gasteiger partial charge in [-0.2, -0.15) is 0 Å². The van der Waals surface area contributed by atoms with E-state index in [0.29, 0.717) is 0 Å². The molecule has 6 heteroatoms. The van der Waals surface area contributed by atoms with Crippen LogP contribution < -0.4 is 0 Å². The lowest BCUT2D eigenvalue weighted by molar-refractivity contribution is -0.131. The Morgan fingerprint density at radius 3 is 2.56 bits per heavy atom. The maximum absolute atomic E-state index is 11.5. The molecule has 1 saturated heterocycles. The smallest absolute Gasteiger partial charge is 0.228 e. The highest BCUT2D eigenvalue weighted by Crippen LogP contribution is 2.29. The predicted octanol–water partition coefficient (Wildman–Crippen LogP) is 0.851. The number of azide groups is 1. The van der Waals surface area contributed by atoms with Crippen LogP contribution in [0.1, 0.15) is 12.8 Å². The molecule has 1 amide bonds. The van der Waals surface area contributed by atoms with Crippen molar-refractivity contribution >= 4 is 5.91 Å². The summed E-state index contributed by atoms with van der Waals surface area (Å²) in [5, 5.41) is 3.30. The Morgan fingerprint density at radius 2 is 2.00 bits per heavy atom. The quantitative estimate of drug-likeness (QED) is 0.402. The van der Waals surface area contributed by atoms with Gasteiger partial charge >= 0.3 is 0 Å². The van der Waals surface area contributed by atoms with E-state index in [2.05, 4.69) is 14.9 Å². The average molecular weight is 223 g/mol. The molecule has 16 heavy (non-hydrogen) atoms. The minimum atomic E-state index is -0.0520. The monoisotopic (exact) mass is 223 g/mol. The normalized spacial score (nSPS) is 21.6. The van der Waals surface area contributed by atoms with Crippen molar-refractivity contribution in [1.82, 2.24) is 9.80 Å². The third kappa shape index (κ3) is 3.12. The molecule has 2 rings (SSSR count). The van der Waals surface area contributed by atoms with Crippen molar-refractivity contribution in [3.8, 4) is 0 Å². The Balaban J connectivity index is 1.70. The van der Waals surface area contributed by atoms with Gasteiger partial charge in [0.05, 0.1) is 0 Å². The largest absolute Gasteiger partial charge is 0.340 e. The van der Waals surface area contributed by atoms with Crippen LogP contribution in [0, 0.1) is 5.92 Å². The molecule has 2 fully saturated rings. The van der Waals surface area contributed by atoms with Crippen LogP contribution in [0.5, 0.6) is 0 Å². The molecule has 0 atom stereocenters. The van der Waals surface area contributed by atoms with Gasteiger partial charge in [-0.05, 0) is 24.3 Å². The standard InChI is InChI=1S/C10H17N5O/c11-13-12-7-10(16)15-5-3-14(4-6-15)8-9-1-2-9/h9H,1-8H2. The molecule has 0 aromatic carbocycles. The molecule has 0 spiro atoms. The van der Waals surface area contributed by atoms with Gasteiger partial charge in [0.15, 0.2) is 0 Å². The minimum absolute atomic E-state index is 0.0425. The zero-order chi connectivity index (χ0) is 11.4. The first kappa shape index (κ1) is 11.2. The molecule has 0 bridgehead atoms. The first-order chi connectivity index (χ1) is 7.79. The molecule has 1 aliphatic carbocycles. The summed E-state index contributed by atoms with van der Waals surface area (Å²) in [6.07, 6.45) is 2.74. The summed E-state index contributed by atoms with van der Waals surface area (Å²) in [7, 11) is 0. The summed E-state index contributed by atoms with van der Waals surface area (Å²) in [6, 6.07) is 0. The highest BCUT2D eigenvalue weighted by molar-refractivity contribution is 5.78. The van der Waals surface area contributed by atoms with Crippen molar-refractivity contribution in [2.45, 2.75) is 12.8 Å². The Morgan fingerprint density at radius 1 is 1.31 bits per heavy atom. The van der Waals surface area contributed by atoms with Crippen molar-refractivity contribution in [1.29, 1.82) is 0 Å². The highest BCUT2D eigenvalue weighted by atomic mass is 16.2. The van der Waals surface area contributed by atoms with Gasteiger partial charge in [-0.15, -0.1) is 0 Å². The van der Waals surface area contributed by atoms with Crippen LogP contribution in [0.4, 0.5) is 0 Å². The average Bonchev–Trinajstić information content (AvgIpc) is 3.11. The van der Waals surface area contributed by atoms with Gasteiger partial charge in [0.25, 0.3) is 0 Å². The van der Waals surface area contributed by atoms with Gasteiger partial charge in [0, 0.05) is 37.6 Å². The van der Waals surface area contributed by atoms with Gasteiger partial charge < -0.3 is 4.90 Å². The lowest BCUT2D eigenvalue weighted by Crippen LogP contribution is -2.49. The minimum Gasteiger partial charge on any atom is -0.340 e. The maximum Gasteiger partial charge on any atom is 0.228 e. The fourth-order valence-corrected chi connectivity index (χ4v) is 2.04. The van der Waals surface area contributed by atoms with Crippen molar-refractivity contribution < 1.29 is 4.79 Å². The van der Waals surface area contributed by atoms with Gasteiger partial charge in [-0.25, -0.2) is 0 Å². The first-order valence-corrected chi connectivity index (χ1v) is 5.80. The molecular weight excluding hydrogens is 206 g/mol. The van der Waals surface area contributed by atoms with E-state index in [9.17, 15) is 4.79 Å². The predicted molar refractivity (Wildman–Crippen MR) is 59.8 cm³/mol. The van der Waals surface area contributed by atoms with Crippen LogP contribution in [0.3, 0.4) is 0 Å². The molecular formula is C10H17N5O. The summed E-state index contributed by atoms with van der Waals surface area (Å²) < 4.78 is 0. The first-order valence-electron chi connectivity index (χ1n) is 5.80. The topological polar surface area (TPSA) is 72.3 Å². The van der Waals surface area contributed by atoms with E-state index in [-0.39, 0.29) is 12.5 Å². The van der Waals surface area contributed by atoms with E-state index in [4.69, 9.17) is 5.53 Å². The lowest BCUT2D eigenvalue weighted by atomic mass is 10.3. The number of hydrogen-bond acceptors (Lipinski definition) is 3. The molecule has 0 radical (unpaired) electrons. The van der Waals surface area contributed by atoms with Crippen LogP contribution >= 0.6 is 0 Å². The molecule has 0 aromatic rings. The number of amides is 1. The van der Waals surface area contributed by atoms with Crippen molar-refractivity contribution in [3.63, 3.8) is 0 Å². The van der Waals surface area contributed by atoms with Gasteiger partial charge in [0.2, 0.25) is 5.91 Å². The van der Waals surface area contributed by atoms with E-state index in [0.717, 1.165) is 32.1 Å². The van der Waals surface area contributed by atoms with E-state index < -0.39 is 0 Å². The number of rotatable bonds is 4. The van der Waals surface area contributed by atoms with Gasteiger partial charge in [-0.3, -0.25) is 9.69 Å². The molecule has 1 heterocycles. The zero-order valence-electron chi connectivity index (χ0n) is 9.38. The summed E-state index contributed by atoms with van der Waals surface area (Å²) in [6.45, 7) is 4.60. The Labute approximate surface area is 94.8 Å².